The van der Waals surface area contributed by atoms with Gasteiger partial charge in [0.15, 0.2) is 5.82 Å². The highest BCUT2D eigenvalue weighted by atomic mass is 16.5. The predicted molar refractivity (Wildman–Crippen MR) is 59.1 cm³/mol. The monoisotopic (exact) mass is 225 g/mol. The van der Waals surface area contributed by atoms with Crippen LogP contribution in [0.5, 0.6) is 0 Å². The highest BCUT2D eigenvalue weighted by Crippen LogP contribution is 2.22. The fraction of sp³-hybridized carbons (Fsp3) is 0.818. The van der Waals surface area contributed by atoms with Crippen molar-refractivity contribution in [2.45, 2.75) is 45.2 Å². The highest BCUT2D eigenvalue weighted by molar-refractivity contribution is 4.96. The summed E-state index contributed by atoms with van der Waals surface area (Å²) in [6.07, 6.45) is 2.18. The Morgan fingerprint density at radius 3 is 3.06 bits per heavy atom. The van der Waals surface area contributed by atoms with E-state index in [2.05, 4.69) is 29.3 Å². The first kappa shape index (κ1) is 11.5. The Morgan fingerprint density at radius 2 is 2.38 bits per heavy atom. The molecule has 0 spiro atoms. The van der Waals surface area contributed by atoms with Gasteiger partial charge in [-0.25, -0.2) is 0 Å². The van der Waals surface area contributed by atoms with Crippen LogP contribution in [0.25, 0.3) is 0 Å². The molecule has 2 heterocycles. The summed E-state index contributed by atoms with van der Waals surface area (Å²) < 4.78 is 10.6. The Balaban J connectivity index is 1.90. The molecule has 1 aliphatic heterocycles. The molecule has 1 aliphatic rings. The minimum Gasteiger partial charge on any atom is -0.381 e. The maximum atomic E-state index is 5.41. The van der Waals surface area contributed by atoms with Crippen molar-refractivity contribution in [3.8, 4) is 0 Å². The van der Waals surface area contributed by atoms with Gasteiger partial charge in [0.2, 0.25) is 5.89 Å². The van der Waals surface area contributed by atoms with Gasteiger partial charge in [0, 0.05) is 18.6 Å². The zero-order chi connectivity index (χ0) is 11.4. The van der Waals surface area contributed by atoms with Crippen LogP contribution in [0, 0.1) is 0 Å². The molecular weight excluding hydrogens is 206 g/mol. The molecule has 5 nitrogen and oxygen atoms in total. The molecule has 1 saturated heterocycles. The molecule has 1 aromatic rings. The zero-order valence-electron chi connectivity index (χ0n) is 9.90. The first-order valence-electron chi connectivity index (χ1n) is 5.89. The number of hydrogen-bond acceptors (Lipinski definition) is 5. The van der Waals surface area contributed by atoms with E-state index >= 15 is 0 Å². The molecule has 90 valence electrons. The first-order valence-corrected chi connectivity index (χ1v) is 5.89. The van der Waals surface area contributed by atoms with Crippen molar-refractivity contribution in [3.05, 3.63) is 11.7 Å². The van der Waals surface area contributed by atoms with Gasteiger partial charge in [-0.05, 0) is 12.8 Å². The molecule has 0 amide bonds. The maximum absolute atomic E-state index is 5.41. The second kappa shape index (κ2) is 5.41. The van der Waals surface area contributed by atoms with Crippen molar-refractivity contribution < 1.29 is 9.26 Å². The van der Waals surface area contributed by atoms with Crippen LogP contribution in [-0.4, -0.2) is 29.4 Å². The van der Waals surface area contributed by atoms with Crippen LogP contribution in [-0.2, 0) is 11.3 Å². The number of aromatic nitrogens is 2. The van der Waals surface area contributed by atoms with E-state index in [0.29, 0.717) is 24.4 Å². The van der Waals surface area contributed by atoms with E-state index in [1.54, 1.807) is 0 Å². The molecule has 0 saturated carbocycles. The van der Waals surface area contributed by atoms with Gasteiger partial charge in [-0.3, -0.25) is 0 Å². The average Bonchev–Trinajstić information content (AvgIpc) is 2.76. The van der Waals surface area contributed by atoms with Gasteiger partial charge >= 0.3 is 0 Å². The Hall–Kier alpha value is -0.940. The van der Waals surface area contributed by atoms with Gasteiger partial charge in [-0.2, -0.15) is 4.98 Å². The second-order valence-corrected chi connectivity index (χ2v) is 4.50. The van der Waals surface area contributed by atoms with Crippen molar-refractivity contribution in [3.63, 3.8) is 0 Å². The van der Waals surface area contributed by atoms with Gasteiger partial charge in [0.1, 0.15) is 0 Å². The topological polar surface area (TPSA) is 60.2 Å². The molecule has 0 aromatic carbocycles. The van der Waals surface area contributed by atoms with Crippen LogP contribution in [0.3, 0.4) is 0 Å². The van der Waals surface area contributed by atoms with Crippen molar-refractivity contribution >= 4 is 0 Å². The molecule has 1 aromatic heterocycles. The van der Waals surface area contributed by atoms with E-state index in [9.17, 15) is 0 Å². The Bertz CT molecular complexity index is 319. The third kappa shape index (κ3) is 3.02. The summed E-state index contributed by atoms with van der Waals surface area (Å²) in [6.45, 7) is 6.39. The van der Waals surface area contributed by atoms with Crippen LogP contribution < -0.4 is 5.32 Å². The Kier molecular flexibility index (Phi) is 3.90. The fourth-order valence-electron chi connectivity index (χ4n) is 1.74. The van der Waals surface area contributed by atoms with Crippen LogP contribution in [0.1, 0.15) is 44.3 Å². The smallest absolute Gasteiger partial charge is 0.240 e. The highest BCUT2D eigenvalue weighted by Gasteiger charge is 2.21. The van der Waals surface area contributed by atoms with E-state index in [-0.39, 0.29) is 0 Å². The van der Waals surface area contributed by atoms with Gasteiger partial charge in [0.05, 0.1) is 13.2 Å². The second-order valence-electron chi connectivity index (χ2n) is 4.50. The molecule has 0 bridgehead atoms. The van der Waals surface area contributed by atoms with Crippen molar-refractivity contribution in [2.24, 2.45) is 0 Å². The SMILES string of the molecule is CC(C)NCc1nc(C2CCCOC2)no1. The number of ether oxygens (including phenoxy) is 1. The van der Waals surface area contributed by atoms with E-state index < -0.39 is 0 Å². The predicted octanol–water partition coefficient (Wildman–Crippen LogP) is 1.46. The van der Waals surface area contributed by atoms with E-state index in [0.717, 1.165) is 31.9 Å². The van der Waals surface area contributed by atoms with Crippen molar-refractivity contribution in [2.75, 3.05) is 13.2 Å². The molecule has 1 atom stereocenters. The summed E-state index contributed by atoms with van der Waals surface area (Å²) in [6, 6.07) is 0.424. The number of nitrogens with zero attached hydrogens (tertiary/aromatic N) is 2. The maximum Gasteiger partial charge on any atom is 0.240 e. The fourth-order valence-corrected chi connectivity index (χ4v) is 1.74. The Labute approximate surface area is 95.6 Å². The average molecular weight is 225 g/mol. The van der Waals surface area contributed by atoms with Crippen LogP contribution in [0.2, 0.25) is 0 Å². The molecule has 0 radical (unpaired) electrons. The summed E-state index contributed by atoms with van der Waals surface area (Å²) in [7, 11) is 0. The summed E-state index contributed by atoms with van der Waals surface area (Å²) in [5.41, 5.74) is 0. The van der Waals surface area contributed by atoms with E-state index in [4.69, 9.17) is 9.26 Å². The minimum atomic E-state index is 0.310. The standard InChI is InChI=1S/C11H19N3O2/c1-8(2)12-6-10-13-11(14-16-10)9-4-3-5-15-7-9/h8-9,12H,3-7H2,1-2H3. The lowest BCUT2D eigenvalue weighted by molar-refractivity contribution is 0.0773. The molecule has 1 unspecified atom stereocenters. The van der Waals surface area contributed by atoms with Crippen LogP contribution in [0.4, 0.5) is 0 Å². The van der Waals surface area contributed by atoms with E-state index in [1.165, 1.54) is 0 Å². The van der Waals surface area contributed by atoms with E-state index in [1.807, 2.05) is 0 Å². The number of nitrogens with one attached hydrogen (secondary N) is 1. The third-order valence-electron chi connectivity index (χ3n) is 2.67. The first-order chi connectivity index (χ1) is 7.75. The van der Waals surface area contributed by atoms with Crippen LogP contribution in [0.15, 0.2) is 4.52 Å². The third-order valence-corrected chi connectivity index (χ3v) is 2.67. The molecule has 0 aliphatic carbocycles. The van der Waals surface area contributed by atoms with Crippen molar-refractivity contribution in [1.29, 1.82) is 0 Å². The summed E-state index contributed by atoms with van der Waals surface area (Å²) in [5.74, 6) is 1.76. The van der Waals surface area contributed by atoms with Gasteiger partial charge in [-0.1, -0.05) is 19.0 Å². The normalized spacial score (nSPS) is 21.6. The quantitative estimate of drug-likeness (QED) is 0.840. The molecule has 1 N–H and O–H groups in total. The molecule has 16 heavy (non-hydrogen) atoms. The minimum absolute atomic E-state index is 0.310. The van der Waals surface area contributed by atoms with Crippen LogP contribution >= 0.6 is 0 Å². The lowest BCUT2D eigenvalue weighted by Gasteiger charge is -2.18. The lowest BCUT2D eigenvalue weighted by atomic mass is 10.0. The molecule has 5 heteroatoms. The van der Waals surface area contributed by atoms with Gasteiger partial charge < -0.3 is 14.6 Å². The molecule has 1 fully saturated rings. The summed E-state index contributed by atoms with van der Waals surface area (Å²) in [5, 5.41) is 7.26. The number of hydrogen-bond donors (Lipinski definition) is 1. The molecular formula is C11H19N3O2. The Morgan fingerprint density at radius 1 is 1.50 bits per heavy atom. The van der Waals surface area contributed by atoms with Gasteiger partial charge in [-0.15, -0.1) is 0 Å². The molecule has 2 rings (SSSR count). The summed E-state index contributed by atoms with van der Waals surface area (Å²) >= 11 is 0. The zero-order valence-corrected chi connectivity index (χ0v) is 9.90. The van der Waals surface area contributed by atoms with Gasteiger partial charge in [0.25, 0.3) is 0 Å². The summed E-state index contributed by atoms with van der Waals surface area (Å²) in [4.78, 5) is 4.39. The largest absolute Gasteiger partial charge is 0.381 e. The lowest BCUT2D eigenvalue weighted by Crippen LogP contribution is -2.22. The van der Waals surface area contributed by atoms with Crippen molar-refractivity contribution in [1.82, 2.24) is 15.5 Å². The number of rotatable bonds is 4.